The monoisotopic (exact) mass is 630 g/mol. The Morgan fingerprint density at radius 3 is 2.00 bits per heavy atom. The number of ether oxygens (including phenoxy) is 2. The van der Waals surface area contributed by atoms with E-state index in [1.165, 1.54) is 57.6 Å². The molecule has 9 nitrogen and oxygen atoms in total. The van der Waals surface area contributed by atoms with Crippen LogP contribution < -0.4 is 9.47 Å². The second-order valence-corrected chi connectivity index (χ2v) is 12.1. The van der Waals surface area contributed by atoms with Gasteiger partial charge in [-0.3, -0.25) is 9.69 Å². The van der Waals surface area contributed by atoms with Crippen LogP contribution in [0.3, 0.4) is 0 Å². The molecule has 2 saturated heterocycles. The van der Waals surface area contributed by atoms with Crippen molar-refractivity contribution in [2.75, 3.05) is 45.9 Å². The number of carbonyl (C=O) groups excluding carboxylic acids is 1. The van der Waals surface area contributed by atoms with Crippen molar-refractivity contribution >= 4 is 39.3 Å². The first-order chi connectivity index (χ1) is 21.9. The molecule has 0 saturated carbocycles. The molecular weight excluding hydrogens is 592 g/mol. The number of carboxylic acid groups (broad SMARTS) is 2. The van der Waals surface area contributed by atoms with Crippen LogP contribution in [0.5, 0.6) is 11.5 Å². The minimum Gasteiger partial charge on any atom is -0.492 e. The number of likely N-dealkylation sites (tertiary alicyclic amines) is 2. The average Bonchev–Trinajstić information content (AvgIpc) is 3.80. The highest BCUT2D eigenvalue weighted by molar-refractivity contribution is 7.22. The van der Waals surface area contributed by atoms with Gasteiger partial charge in [0.2, 0.25) is 5.91 Å². The summed E-state index contributed by atoms with van der Waals surface area (Å²) >= 11 is 1.85. The third-order valence-electron chi connectivity index (χ3n) is 7.98. The van der Waals surface area contributed by atoms with Crippen LogP contribution in [0.4, 0.5) is 0 Å². The third-order valence-corrected chi connectivity index (χ3v) is 9.24. The number of aliphatic carboxylic acids is 2. The van der Waals surface area contributed by atoms with Crippen molar-refractivity contribution in [1.29, 1.82) is 0 Å². The number of benzene rings is 3. The fraction of sp³-hybridized carbons (Fsp3) is 0.343. The maximum Gasteiger partial charge on any atom is 0.414 e. The van der Waals surface area contributed by atoms with E-state index in [1.54, 1.807) is 0 Å². The Hall–Kier alpha value is -4.41. The second-order valence-electron chi connectivity index (χ2n) is 11.1. The van der Waals surface area contributed by atoms with Crippen LogP contribution >= 0.6 is 11.3 Å². The molecule has 0 aliphatic carbocycles. The summed E-state index contributed by atoms with van der Waals surface area (Å²) in [6.45, 7) is 6.19. The predicted molar refractivity (Wildman–Crippen MR) is 174 cm³/mol. The van der Waals surface area contributed by atoms with Crippen LogP contribution in [0.2, 0.25) is 0 Å². The van der Waals surface area contributed by atoms with Crippen molar-refractivity contribution in [2.24, 2.45) is 0 Å². The Morgan fingerprint density at radius 1 is 0.756 bits per heavy atom. The van der Waals surface area contributed by atoms with Crippen molar-refractivity contribution in [3.05, 3.63) is 83.9 Å². The summed E-state index contributed by atoms with van der Waals surface area (Å²) in [7, 11) is 0. The van der Waals surface area contributed by atoms with E-state index in [4.69, 9.17) is 29.3 Å². The molecule has 2 fully saturated rings. The Labute approximate surface area is 266 Å². The van der Waals surface area contributed by atoms with Crippen LogP contribution in [0.1, 0.15) is 36.8 Å². The number of rotatable bonds is 11. The number of fused-ring (bicyclic) bond motifs is 1. The van der Waals surface area contributed by atoms with Gasteiger partial charge in [0.25, 0.3) is 0 Å². The van der Waals surface area contributed by atoms with Crippen LogP contribution in [0.15, 0.2) is 72.8 Å². The van der Waals surface area contributed by atoms with Crippen molar-refractivity contribution < 1.29 is 34.1 Å². The van der Waals surface area contributed by atoms with Gasteiger partial charge < -0.3 is 24.6 Å². The lowest BCUT2D eigenvalue weighted by Crippen LogP contribution is -2.29. The molecule has 0 bridgehead atoms. The molecular formula is C35H38N2O7S. The molecule has 3 heterocycles. The summed E-state index contributed by atoms with van der Waals surface area (Å²) in [5.41, 5.74) is 3.85. The Morgan fingerprint density at radius 2 is 1.38 bits per heavy atom. The van der Waals surface area contributed by atoms with Gasteiger partial charge in [-0.1, -0.05) is 30.3 Å². The van der Waals surface area contributed by atoms with Crippen LogP contribution in [0, 0.1) is 0 Å². The first-order valence-corrected chi connectivity index (χ1v) is 16.1. The average molecular weight is 631 g/mol. The summed E-state index contributed by atoms with van der Waals surface area (Å²) in [4.78, 5) is 35.7. The molecule has 2 aliphatic rings. The number of carboxylic acids is 2. The summed E-state index contributed by atoms with van der Waals surface area (Å²) in [6, 6.07) is 25.7. The Bertz CT molecular complexity index is 1580. The molecule has 4 aromatic rings. The Kier molecular flexibility index (Phi) is 11.1. The summed E-state index contributed by atoms with van der Waals surface area (Å²) in [5, 5.41) is 16.1. The molecule has 0 unspecified atom stereocenters. The van der Waals surface area contributed by atoms with Crippen molar-refractivity contribution in [3.63, 3.8) is 0 Å². The van der Waals surface area contributed by atoms with Crippen molar-refractivity contribution in [2.45, 2.75) is 32.1 Å². The number of thiophene rings is 1. The molecule has 0 spiro atoms. The van der Waals surface area contributed by atoms with E-state index < -0.39 is 11.9 Å². The molecule has 236 valence electrons. The maximum atomic E-state index is 11.8. The van der Waals surface area contributed by atoms with E-state index >= 15 is 0 Å². The van der Waals surface area contributed by atoms with Crippen LogP contribution in [-0.4, -0.2) is 83.8 Å². The zero-order valence-corrected chi connectivity index (χ0v) is 26.0. The fourth-order valence-electron chi connectivity index (χ4n) is 5.63. The Balaban J connectivity index is 0.000000609. The van der Waals surface area contributed by atoms with Gasteiger partial charge in [-0.2, -0.15) is 0 Å². The third kappa shape index (κ3) is 8.83. The van der Waals surface area contributed by atoms with Crippen LogP contribution in [0.25, 0.3) is 20.5 Å². The molecule has 2 aliphatic heterocycles. The van der Waals surface area contributed by atoms with Gasteiger partial charge >= 0.3 is 11.9 Å². The van der Waals surface area contributed by atoms with E-state index in [9.17, 15) is 4.79 Å². The van der Waals surface area contributed by atoms with E-state index in [2.05, 4.69) is 65.6 Å². The largest absolute Gasteiger partial charge is 0.492 e. The highest BCUT2D eigenvalue weighted by atomic mass is 32.1. The molecule has 0 atom stereocenters. The SMILES string of the molecule is O=C(O)C(=O)O.O=C1CCCN1CCOc1ccc(-c2sc3ccccc3c2Cc2ccc(OCCN3CCCC3)cc2)cc1. The lowest BCUT2D eigenvalue weighted by molar-refractivity contribution is -0.159. The number of amides is 1. The first kappa shape index (κ1) is 32.0. The number of carbonyl (C=O) groups is 3. The quantitative estimate of drug-likeness (QED) is 0.200. The lowest BCUT2D eigenvalue weighted by Gasteiger charge is -2.16. The molecule has 1 amide bonds. The van der Waals surface area contributed by atoms with E-state index in [1.807, 2.05) is 28.4 Å². The maximum absolute atomic E-state index is 11.8. The van der Waals surface area contributed by atoms with Crippen molar-refractivity contribution in [1.82, 2.24) is 9.80 Å². The topological polar surface area (TPSA) is 117 Å². The summed E-state index contributed by atoms with van der Waals surface area (Å²) in [6.07, 6.45) is 5.13. The highest BCUT2D eigenvalue weighted by Crippen LogP contribution is 2.40. The van der Waals surface area contributed by atoms with Gasteiger partial charge in [-0.15, -0.1) is 11.3 Å². The van der Waals surface area contributed by atoms with Crippen LogP contribution in [-0.2, 0) is 20.8 Å². The predicted octanol–water partition coefficient (Wildman–Crippen LogP) is 5.79. The van der Waals surface area contributed by atoms with Gasteiger partial charge in [0.05, 0.1) is 6.54 Å². The molecule has 45 heavy (non-hydrogen) atoms. The molecule has 10 heteroatoms. The van der Waals surface area contributed by atoms with Gasteiger partial charge in [0.1, 0.15) is 24.7 Å². The number of nitrogens with zero attached hydrogens (tertiary/aromatic N) is 2. The van der Waals surface area contributed by atoms with Gasteiger partial charge in [0.15, 0.2) is 0 Å². The fourth-order valence-corrected chi connectivity index (χ4v) is 6.86. The van der Waals surface area contributed by atoms with Gasteiger partial charge in [-0.25, -0.2) is 9.59 Å². The van der Waals surface area contributed by atoms with Gasteiger partial charge in [-0.05, 0) is 103 Å². The second kappa shape index (κ2) is 15.5. The highest BCUT2D eigenvalue weighted by Gasteiger charge is 2.20. The summed E-state index contributed by atoms with van der Waals surface area (Å²) in [5.74, 6) is -1.62. The van der Waals surface area contributed by atoms with E-state index in [0.717, 1.165) is 44.0 Å². The molecule has 6 rings (SSSR count). The minimum absolute atomic E-state index is 0.242. The smallest absolute Gasteiger partial charge is 0.414 e. The first-order valence-electron chi connectivity index (χ1n) is 15.3. The number of hydrogen-bond acceptors (Lipinski definition) is 7. The lowest BCUT2D eigenvalue weighted by atomic mass is 9.99. The standard InChI is InChI=1S/C33H36N2O3S.C2H2O4/c36-32-8-5-19-35(32)21-23-38-28-15-11-26(12-16-28)33-30(29-6-1-2-7-31(29)39-33)24-25-9-13-27(14-10-25)37-22-20-34-17-3-4-18-34;3-1(4)2(5)6/h1-2,6-7,9-16H,3-5,8,17-24H2;(H,3,4)(H,5,6). The van der Waals surface area contributed by atoms with E-state index in [0.29, 0.717) is 19.6 Å². The molecule has 0 radical (unpaired) electrons. The molecule has 2 N–H and O–H groups in total. The molecule has 3 aromatic carbocycles. The zero-order valence-electron chi connectivity index (χ0n) is 25.2. The zero-order chi connectivity index (χ0) is 31.6. The summed E-state index contributed by atoms with van der Waals surface area (Å²) < 4.78 is 13.3. The number of hydrogen-bond donors (Lipinski definition) is 2. The van der Waals surface area contributed by atoms with Gasteiger partial charge in [0, 0.05) is 29.1 Å². The van der Waals surface area contributed by atoms with Crippen molar-refractivity contribution in [3.8, 4) is 21.9 Å². The normalized spacial score (nSPS) is 14.8. The molecule has 1 aromatic heterocycles. The van der Waals surface area contributed by atoms with E-state index in [-0.39, 0.29) is 5.91 Å². The minimum atomic E-state index is -1.82.